The van der Waals surface area contributed by atoms with Gasteiger partial charge in [-0.25, -0.2) is 9.07 Å². The molecular weight excluding hydrogens is 208 g/mol. The van der Waals surface area contributed by atoms with Gasteiger partial charge < -0.3 is 0 Å². The summed E-state index contributed by atoms with van der Waals surface area (Å²) in [5.74, 6) is 0.831. The summed E-state index contributed by atoms with van der Waals surface area (Å²) >= 11 is 5.98. The molecule has 2 rings (SSSR count). The molecular formula is C12H11ClN2. The first-order valence-electron chi connectivity index (χ1n) is 4.70. The van der Waals surface area contributed by atoms with Crippen LogP contribution in [0.25, 0.3) is 6.08 Å². The Morgan fingerprint density at radius 3 is 2.67 bits per heavy atom. The number of imidazole rings is 1. The summed E-state index contributed by atoms with van der Waals surface area (Å²) in [5.41, 5.74) is 2.00. The van der Waals surface area contributed by atoms with E-state index in [9.17, 15) is 0 Å². The third kappa shape index (κ3) is 2.28. The average molecular weight is 219 g/mol. The van der Waals surface area contributed by atoms with Crippen LogP contribution in [0.5, 0.6) is 0 Å². The monoisotopic (exact) mass is 218 g/mol. The predicted octanol–water partition coefficient (Wildman–Crippen LogP) is 3.12. The van der Waals surface area contributed by atoms with E-state index in [0.717, 1.165) is 17.9 Å². The zero-order valence-corrected chi connectivity index (χ0v) is 8.98. The van der Waals surface area contributed by atoms with E-state index >= 15 is 0 Å². The maximum absolute atomic E-state index is 5.98. The summed E-state index contributed by atoms with van der Waals surface area (Å²) in [4.78, 5) is 4.34. The molecule has 1 heterocycles. The summed E-state index contributed by atoms with van der Waals surface area (Å²) in [5, 5.41) is 0. The lowest BCUT2D eigenvalue weighted by molar-refractivity contribution is 0.982. The molecule has 2 nitrogen and oxygen atoms in total. The van der Waals surface area contributed by atoms with E-state index in [1.165, 1.54) is 9.65 Å². The molecule has 1 aromatic heterocycles. The van der Waals surface area contributed by atoms with Gasteiger partial charge in [-0.2, -0.15) is 0 Å². The second-order valence-electron chi connectivity index (χ2n) is 3.26. The number of nitrogens with zero attached hydrogens (tertiary/aromatic N) is 2. The molecule has 0 radical (unpaired) electrons. The van der Waals surface area contributed by atoms with Crippen molar-refractivity contribution in [2.24, 2.45) is 0 Å². The van der Waals surface area contributed by atoms with Crippen LogP contribution in [-0.2, 0) is 6.42 Å². The highest BCUT2D eigenvalue weighted by Gasteiger charge is 2.04. The first kappa shape index (κ1) is 9.99. The number of halogens is 1. The molecule has 1 aromatic carbocycles. The van der Waals surface area contributed by atoms with Crippen LogP contribution in [0.4, 0.5) is 0 Å². The second kappa shape index (κ2) is 4.32. The highest BCUT2D eigenvalue weighted by atomic mass is 35.5. The lowest BCUT2D eigenvalue weighted by Gasteiger charge is -1.99. The molecule has 0 atom stereocenters. The molecule has 0 N–H and O–H groups in total. The summed E-state index contributed by atoms with van der Waals surface area (Å²) in [6.07, 6.45) is 4.18. The Kier molecular flexibility index (Phi) is 2.88. The molecule has 76 valence electrons. The second-order valence-corrected chi connectivity index (χ2v) is 3.62. The molecule has 0 aliphatic heterocycles. The summed E-state index contributed by atoms with van der Waals surface area (Å²) in [6, 6.07) is 10.1. The standard InChI is InChI=1S/C12H11ClN2/c1-2-11-9-15(13)12(14-11)8-10-6-4-3-5-7-10/h2-7,9H,1,8H2. The molecule has 15 heavy (non-hydrogen) atoms. The van der Waals surface area contributed by atoms with Crippen molar-refractivity contribution >= 4 is 17.9 Å². The van der Waals surface area contributed by atoms with Crippen molar-refractivity contribution in [3.8, 4) is 0 Å². The molecule has 3 heteroatoms. The topological polar surface area (TPSA) is 17.8 Å². The van der Waals surface area contributed by atoms with Gasteiger partial charge in [0.15, 0.2) is 0 Å². The van der Waals surface area contributed by atoms with Gasteiger partial charge in [0.1, 0.15) is 5.82 Å². The third-order valence-electron chi connectivity index (χ3n) is 2.16. The Morgan fingerprint density at radius 1 is 1.33 bits per heavy atom. The van der Waals surface area contributed by atoms with Crippen LogP contribution in [0.2, 0.25) is 0 Å². The van der Waals surface area contributed by atoms with E-state index in [1.807, 2.05) is 18.2 Å². The molecule has 0 aliphatic rings. The van der Waals surface area contributed by atoms with E-state index in [2.05, 4.69) is 23.7 Å². The molecule has 2 aromatic rings. The number of rotatable bonds is 3. The number of aromatic nitrogens is 2. The quantitative estimate of drug-likeness (QED) is 0.774. The first-order chi connectivity index (χ1) is 7.29. The largest absolute Gasteiger partial charge is 0.245 e. The molecule has 0 bridgehead atoms. The zero-order valence-electron chi connectivity index (χ0n) is 8.23. The maximum atomic E-state index is 5.98. The normalized spacial score (nSPS) is 10.2. The third-order valence-corrected chi connectivity index (χ3v) is 2.46. The summed E-state index contributed by atoms with van der Waals surface area (Å²) in [6.45, 7) is 3.66. The van der Waals surface area contributed by atoms with E-state index in [1.54, 1.807) is 12.3 Å². The minimum absolute atomic E-state index is 0.734. The fourth-order valence-corrected chi connectivity index (χ4v) is 1.61. The molecule has 0 aliphatic carbocycles. The lowest BCUT2D eigenvalue weighted by Crippen LogP contribution is -1.94. The minimum atomic E-state index is 0.734. The molecule has 0 unspecified atom stereocenters. The van der Waals surface area contributed by atoms with Gasteiger partial charge in [0.05, 0.1) is 5.69 Å². The Bertz CT molecular complexity index is 460. The van der Waals surface area contributed by atoms with Crippen molar-refractivity contribution in [1.82, 2.24) is 9.07 Å². The van der Waals surface area contributed by atoms with Crippen LogP contribution in [0.15, 0.2) is 43.1 Å². The van der Waals surface area contributed by atoms with Crippen LogP contribution in [0.3, 0.4) is 0 Å². The van der Waals surface area contributed by atoms with E-state index in [-0.39, 0.29) is 0 Å². The average Bonchev–Trinajstić information content (AvgIpc) is 2.61. The predicted molar refractivity (Wildman–Crippen MR) is 62.8 cm³/mol. The van der Waals surface area contributed by atoms with Gasteiger partial charge >= 0.3 is 0 Å². The van der Waals surface area contributed by atoms with E-state index in [0.29, 0.717) is 0 Å². The van der Waals surface area contributed by atoms with Gasteiger partial charge in [-0.05, 0) is 11.6 Å². The minimum Gasteiger partial charge on any atom is -0.245 e. The van der Waals surface area contributed by atoms with Gasteiger partial charge in [-0.1, -0.05) is 36.9 Å². The van der Waals surface area contributed by atoms with Crippen molar-refractivity contribution < 1.29 is 0 Å². The van der Waals surface area contributed by atoms with Gasteiger partial charge in [0.25, 0.3) is 0 Å². The fourth-order valence-electron chi connectivity index (χ4n) is 1.41. The molecule has 0 fully saturated rings. The Morgan fingerprint density at radius 2 is 2.07 bits per heavy atom. The Hall–Kier alpha value is -1.54. The van der Waals surface area contributed by atoms with E-state index in [4.69, 9.17) is 11.8 Å². The number of hydrogen-bond acceptors (Lipinski definition) is 1. The number of hydrogen-bond donors (Lipinski definition) is 0. The van der Waals surface area contributed by atoms with Gasteiger partial charge in [0.2, 0.25) is 0 Å². The molecule has 0 saturated heterocycles. The Labute approximate surface area is 93.9 Å². The first-order valence-corrected chi connectivity index (χ1v) is 5.04. The molecule has 0 spiro atoms. The highest BCUT2D eigenvalue weighted by molar-refractivity contribution is 6.15. The van der Waals surface area contributed by atoms with Crippen LogP contribution >= 0.6 is 11.8 Å². The SMILES string of the molecule is C=Cc1cn(Cl)c(Cc2ccccc2)n1. The van der Waals surface area contributed by atoms with Crippen molar-refractivity contribution in [1.29, 1.82) is 0 Å². The van der Waals surface area contributed by atoms with Crippen molar-refractivity contribution in [2.45, 2.75) is 6.42 Å². The summed E-state index contributed by atoms with van der Waals surface area (Å²) < 4.78 is 1.52. The van der Waals surface area contributed by atoms with Crippen molar-refractivity contribution in [3.05, 3.63) is 60.2 Å². The van der Waals surface area contributed by atoms with Gasteiger partial charge in [-0.3, -0.25) is 0 Å². The zero-order chi connectivity index (χ0) is 10.7. The molecule has 0 amide bonds. The van der Waals surface area contributed by atoms with Gasteiger partial charge in [0, 0.05) is 24.4 Å². The summed E-state index contributed by atoms with van der Waals surface area (Å²) in [7, 11) is 0. The van der Waals surface area contributed by atoms with E-state index < -0.39 is 0 Å². The fraction of sp³-hybridized carbons (Fsp3) is 0.0833. The maximum Gasteiger partial charge on any atom is 0.128 e. The smallest absolute Gasteiger partial charge is 0.128 e. The van der Waals surface area contributed by atoms with Crippen LogP contribution < -0.4 is 0 Å². The van der Waals surface area contributed by atoms with Crippen molar-refractivity contribution in [3.63, 3.8) is 0 Å². The van der Waals surface area contributed by atoms with Crippen LogP contribution in [-0.4, -0.2) is 9.07 Å². The highest BCUT2D eigenvalue weighted by Crippen LogP contribution is 2.11. The van der Waals surface area contributed by atoms with Crippen molar-refractivity contribution in [2.75, 3.05) is 0 Å². The Balaban J connectivity index is 2.24. The lowest BCUT2D eigenvalue weighted by atomic mass is 10.1. The number of benzene rings is 1. The van der Waals surface area contributed by atoms with Crippen LogP contribution in [0, 0.1) is 0 Å². The van der Waals surface area contributed by atoms with Gasteiger partial charge in [-0.15, -0.1) is 0 Å². The van der Waals surface area contributed by atoms with Crippen LogP contribution in [0.1, 0.15) is 17.1 Å². The molecule has 0 saturated carbocycles.